The van der Waals surface area contributed by atoms with Gasteiger partial charge in [-0.1, -0.05) is 17.8 Å². The van der Waals surface area contributed by atoms with E-state index >= 15 is 0 Å². The van der Waals surface area contributed by atoms with Gasteiger partial charge in [0.05, 0.1) is 16.9 Å². The second kappa shape index (κ2) is 7.38. The minimum atomic E-state index is -3.33. The summed E-state index contributed by atoms with van der Waals surface area (Å²) in [6, 6.07) is 10.2. The minimum absolute atomic E-state index is 0.0848. The molecule has 0 amide bonds. The SMILES string of the molecule is CS(=O)(=O)Nc1ccc(C(=O)CSc2n[nH]c(-c3cccs3)n2)cc1. The lowest BCUT2D eigenvalue weighted by atomic mass is 10.1. The molecule has 0 saturated heterocycles. The van der Waals surface area contributed by atoms with E-state index in [4.69, 9.17) is 0 Å². The van der Waals surface area contributed by atoms with Crippen LogP contribution in [0.2, 0.25) is 0 Å². The molecule has 0 saturated carbocycles. The number of hydrogen-bond acceptors (Lipinski definition) is 7. The number of thiophene rings is 1. The Kier molecular flexibility index (Phi) is 5.21. The fourth-order valence-electron chi connectivity index (χ4n) is 1.99. The number of H-pyrrole nitrogens is 1. The van der Waals surface area contributed by atoms with Gasteiger partial charge < -0.3 is 0 Å². The molecular formula is C15H14N4O3S3. The maximum Gasteiger partial charge on any atom is 0.229 e. The number of carbonyl (C=O) groups excluding carboxylic acids is 1. The molecule has 3 aromatic rings. The number of rotatable bonds is 7. The van der Waals surface area contributed by atoms with Crippen molar-refractivity contribution in [1.29, 1.82) is 0 Å². The number of aromatic amines is 1. The maximum atomic E-state index is 12.2. The Morgan fingerprint density at radius 1 is 1.28 bits per heavy atom. The normalized spacial score (nSPS) is 11.4. The summed E-state index contributed by atoms with van der Waals surface area (Å²) in [5.74, 6) is 0.792. The number of anilines is 1. The van der Waals surface area contributed by atoms with Crippen LogP contribution in [0.3, 0.4) is 0 Å². The molecule has 2 aromatic heterocycles. The molecule has 2 N–H and O–H groups in total. The van der Waals surface area contributed by atoms with Crippen LogP contribution in [0, 0.1) is 0 Å². The van der Waals surface area contributed by atoms with Crippen LogP contribution < -0.4 is 4.72 Å². The monoisotopic (exact) mass is 394 g/mol. The van der Waals surface area contributed by atoms with Crippen LogP contribution >= 0.6 is 23.1 Å². The third-order valence-electron chi connectivity index (χ3n) is 3.06. The smallest absolute Gasteiger partial charge is 0.229 e. The standard InChI is InChI=1S/C15H14N4O3S3/c1-25(21,22)19-11-6-4-10(5-7-11)12(20)9-24-15-16-14(17-18-15)13-3-2-8-23-13/h2-8,19H,9H2,1H3,(H,16,17,18). The predicted octanol–water partition coefficient (Wildman–Crippen LogP) is 2.88. The van der Waals surface area contributed by atoms with Crippen LogP contribution in [0.4, 0.5) is 5.69 Å². The van der Waals surface area contributed by atoms with Crippen molar-refractivity contribution in [3.63, 3.8) is 0 Å². The summed E-state index contributed by atoms with van der Waals surface area (Å²) < 4.78 is 24.7. The van der Waals surface area contributed by atoms with Crippen LogP contribution in [0.5, 0.6) is 0 Å². The lowest BCUT2D eigenvalue weighted by molar-refractivity contribution is 0.102. The number of carbonyl (C=O) groups is 1. The van der Waals surface area contributed by atoms with Crippen molar-refractivity contribution >= 4 is 44.6 Å². The van der Waals surface area contributed by atoms with Crippen LogP contribution in [-0.4, -0.2) is 41.4 Å². The van der Waals surface area contributed by atoms with Gasteiger partial charge in [-0.05, 0) is 35.7 Å². The quantitative estimate of drug-likeness (QED) is 0.472. The largest absolute Gasteiger partial charge is 0.293 e. The van der Waals surface area contributed by atoms with E-state index in [0.717, 1.165) is 11.1 Å². The van der Waals surface area contributed by atoms with Crippen LogP contribution in [-0.2, 0) is 10.0 Å². The Bertz CT molecular complexity index is 964. The summed E-state index contributed by atoms with van der Waals surface area (Å²) in [6.45, 7) is 0. The number of nitrogens with zero attached hydrogens (tertiary/aromatic N) is 2. The van der Waals surface area contributed by atoms with Crippen molar-refractivity contribution in [2.24, 2.45) is 0 Å². The van der Waals surface area contributed by atoms with Gasteiger partial charge in [-0.2, -0.15) is 0 Å². The van der Waals surface area contributed by atoms with Gasteiger partial charge in [0.2, 0.25) is 15.2 Å². The molecule has 0 unspecified atom stereocenters. The molecule has 0 bridgehead atoms. The molecule has 0 fully saturated rings. The molecule has 10 heteroatoms. The third kappa shape index (κ3) is 4.91. The average Bonchev–Trinajstić information content (AvgIpc) is 3.23. The van der Waals surface area contributed by atoms with Crippen LogP contribution in [0.25, 0.3) is 10.7 Å². The molecule has 0 radical (unpaired) electrons. The van der Waals surface area contributed by atoms with Gasteiger partial charge in [0.1, 0.15) is 0 Å². The average molecular weight is 395 g/mol. The minimum Gasteiger partial charge on any atom is -0.293 e. The first-order chi connectivity index (χ1) is 11.9. The summed E-state index contributed by atoms with van der Waals surface area (Å²) in [5, 5.41) is 9.41. The fourth-order valence-corrected chi connectivity index (χ4v) is 3.91. The summed E-state index contributed by atoms with van der Waals surface area (Å²) in [6.07, 6.45) is 1.07. The van der Waals surface area contributed by atoms with E-state index < -0.39 is 10.0 Å². The maximum absolute atomic E-state index is 12.2. The molecule has 130 valence electrons. The molecule has 0 aliphatic rings. The van der Waals surface area contributed by atoms with E-state index in [1.165, 1.54) is 11.8 Å². The second-order valence-corrected chi connectivity index (χ2v) is 8.75. The zero-order chi connectivity index (χ0) is 17.9. The Hall–Kier alpha value is -2.17. The molecule has 0 aliphatic heterocycles. The number of Topliss-reactive ketones (excluding diaryl/α,β-unsaturated/α-hetero) is 1. The molecule has 0 spiro atoms. The molecule has 25 heavy (non-hydrogen) atoms. The predicted molar refractivity (Wildman–Crippen MR) is 99.7 cm³/mol. The van der Waals surface area contributed by atoms with Gasteiger partial charge in [0.15, 0.2) is 11.6 Å². The summed E-state index contributed by atoms with van der Waals surface area (Å²) in [5.41, 5.74) is 0.918. The molecule has 2 heterocycles. The molecular weight excluding hydrogens is 380 g/mol. The van der Waals surface area contributed by atoms with Gasteiger partial charge in [-0.15, -0.1) is 16.4 Å². The first-order valence-corrected chi connectivity index (χ1v) is 10.9. The Morgan fingerprint density at radius 2 is 2.04 bits per heavy atom. The van der Waals surface area contributed by atoms with E-state index in [0.29, 0.717) is 22.2 Å². The number of aromatic nitrogens is 3. The van der Waals surface area contributed by atoms with Crippen molar-refractivity contribution in [3.05, 3.63) is 47.3 Å². The second-order valence-electron chi connectivity index (χ2n) is 5.11. The first-order valence-electron chi connectivity index (χ1n) is 7.11. The van der Waals surface area contributed by atoms with Gasteiger partial charge in [0.25, 0.3) is 0 Å². The topological polar surface area (TPSA) is 105 Å². The molecule has 3 rings (SSSR count). The fraction of sp³-hybridized carbons (Fsp3) is 0.133. The van der Waals surface area contributed by atoms with Gasteiger partial charge in [-0.3, -0.25) is 14.6 Å². The van der Waals surface area contributed by atoms with Crippen LogP contribution in [0.15, 0.2) is 46.9 Å². The Labute approximate surface area is 152 Å². The van der Waals surface area contributed by atoms with E-state index in [-0.39, 0.29) is 11.5 Å². The number of nitrogens with one attached hydrogen (secondary N) is 2. The molecule has 0 aliphatic carbocycles. The van der Waals surface area contributed by atoms with Gasteiger partial charge in [-0.25, -0.2) is 13.4 Å². The van der Waals surface area contributed by atoms with E-state index in [9.17, 15) is 13.2 Å². The van der Waals surface area contributed by atoms with Crippen molar-refractivity contribution in [2.75, 3.05) is 16.7 Å². The summed E-state index contributed by atoms with van der Waals surface area (Å²) in [7, 11) is -3.33. The zero-order valence-corrected chi connectivity index (χ0v) is 15.5. The van der Waals surface area contributed by atoms with Crippen molar-refractivity contribution < 1.29 is 13.2 Å². The highest BCUT2D eigenvalue weighted by Gasteiger charge is 2.11. The van der Waals surface area contributed by atoms with Gasteiger partial charge >= 0.3 is 0 Å². The highest BCUT2D eigenvalue weighted by Crippen LogP contribution is 2.23. The highest BCUT2D eigenvalue weighted by molar-refractivity contribution is 7.99. The van der Waals surface area contributed by atoms with Gasteiger partial charge in [0, 0.05) is 11.3 Å². The molecule has 7 nitrogen and oxygen atoms in total. The third-order valence-corrected chi connectivity index (χ3v) is 5.39. The first kappa shape index (κ1) is 17.6. The number of sulfonamides is 1. The van der Waals surface area contributed by atoms with Crippen LogP contribution in [0.1, 0.15) is 10.4 Å². The number of benzene rings is 1. The lowest BCUT2D eigenvalue weighted by Gasteiger charge is -2.04. The summed E-state index contributed by atoms with van der Waals surface area (Å²) in [4.78, 5) is 17.6. The Balaban J connectivity index is 1.59. The highest BCUT2D eigenvalue weighted by atomic mass is 32.2. The van der Waals surface area contributed by atoms with Crippen molar-refractivity contribution in [2.45, 2.75) is 5.16 Å². The van der Waals surface area contributed by atoms with E-state index in [1.54, 1.807) is 35.6 Å². The Morgan fingerprint density at radius 3 is 2.68 bits per heavy atom. The lowest BCUT2D eigenvalue weighted by Crippen LogP contribution is -2.10. The number of thioether (sulfide) groups is 1. The van der Waals surface area contributed by atoms with Crippen molar-refractivity contribution in [3.8, 4) is 10.7 Å². The molecule has 0 atom stereocenters. The van der Waals surface area contributed by atoms with E-state index in [2.05, 4.69) is 19.9 Å². The van der Waals surface area contributed by atoms with E-state index in [1.807, 2.05) is 17.5 Å². The number of ketones is 1. The summed E-state index contributed by atoms with van der Waals surface area (Å²) >= 11 is 2.80. The molecule has 1 aromatic carbocycles. The number of hydrogen-bond donors (Lipinski definition) is 2. The van der Waals surface area contributed by atoms with Crippen molar-refractivity contribution in [1.82, 2.24) is 15.2 Å². The zero-order valence-electron chi connectivity index (χ0n) is 13.1.